The lowest BCUT2D eigenvalue weighted by molar-refractivity contribution is 0.672. The number of rotatable bonds is 7. The summed E-state index contributed by atoms with van der Waals surface area (Å²) in [5.41, 5.74) is 15.5. The fraction of sp³-hybridized carbons (Fsp3) is 0. The molecule has 0 aliphatic carbocycles. The van der Waals surface area contributed by atoms with Crippen LogP contribution in [-0.4, -0.2) is 4.57 Å². The van der Waals surface area contributed by atoms with Gasteiger partial charge in [-0.15, -0.1) is 0 Å². The fourth-order valence-corrected chi connectivity index (χ4v) is 10.1. The molecule has 0 unspecified atom stereocenters. The van der Waals surface area contributed by atoms with Crippen LogP contribution in [0.2, 0.25) is 0 Å². The molecule has 0 N–H and O–H groups in total. The Balaban J connectivity index is 1.03. The number of hydrogen-bond donors (Lipinski definition) is 0. The maximum Gasteiger partial charge on any atom is 0.145 e. The van der Waals surface area contributed by atoms with Crippen LogP contribution in [0.1, 0.15) is 0 Å². The van der Waals surface area contributed by atoms with E-state index < -0.39 is 0 Å². The van der Waals surface area contributed by atoms with Crippen LogP contribution in [0, 0.1) is 0 Å². The predicted octanol–water partition coefficient (Wildman–Crippen LogP) is 17.5. The Hall–Kier alpha value is -8.66. The van der Waals surface area contributed by atoms with Gasteiger partial charge in [0.05, 0.1) is 16.7 Å². The first-order valence-corrected chi connectivity index (χ1v) is 22.2. The van der Waals surface area contributed by atoms with E-state index in [9.17, 15) is 0 Å². The van der Waals surface area contributed by atoms with E-state index >= 15 is 0 Å². The normalized spacial score (nSPS) is 11.7. The van der Waals surface area contributed by atoms with Crippen molar-refractivity contribution >= 4 is 82.4 Å². The minimum atomic E-state index is 0.884. The molecule has 3 heteroatoms. The molecule has 0 aliphatic heterocycles. The first-order valence-electron chi connectivity index (χ1n) is 22.2. The Labute approximate surface area is 376 Å². The molecule has 2 heterocycles. The minimum absolute atomic E-state index is 0.884. The van der Waals surface area contributed by atoms with Crippen LogP contribution in [0.25, 0.3) is 104 Å². The van der Waals surface area contributed by atoms with Gasteiger partial charge in [0.2, 0.25) is 0 Å². The molecule has 0 saturated heterocycles. The second-order valence-corrected chi connectivity index (χ2v) is 16.9. The number of para-hydroxylation sites is 1. The quantitative estimate of drug-likeness (QED) is 0.160. The summed E-state index contributed by atoms with van der Waals surface area (Å²) in [5.74, 6) is 0. The van der Waals surface area contributed by atoms with Crippen molar-refractivity contribution in [1.82, 2.24) is 4.57 Å². The van der Waals surface area contributed by atoms with E-state index in [-0.39, 0.29) is 0 Å². The molecular formula is C62H40N2O. The number of nitrogens with zero attached hydrogens (tertiary/aromatic N) is 2. The Morgan fingerprint density at radius 3 is 1.68 bits per heavy atom. The topological polar surface area (TPSA) is 21.3 Å². The van der Waals surface area contributed by atoms with E-state index in [0.717, 1.165) is 66.5 Å². The average molecular weight is 829 g/mol. The molecule has 2 aromatic heterocycles. The standard InChI is InChI=1S/C62H40N2O/c1-3-14-41(15-4-1)46-31-36-57-55(38-46)56-39-47(42-16-5-2-6-17-42)32-37-58(56)64(57)50-22-13-21-49(40-50)63(48-33-28-44(29-34-48)52-25-11-19-43-18-7-8-23-51(43)52)59-26-12-20-45-30-35-54-53-24-9-10-27-60(53)65-62(54)61(45)59/h1-40H. The Bertz CT molecular complexity index is 3840. The lowest BCUT2D eigenvalue weighted by atomic mass is 9.98. The van der Waals surface area contributed by atoms with Crippen molar-refractivity contribution in [3.8, 4) is 39.1 Å². The highest BCUT2D eigenvalue weighted by molar-refractivity contribution is 6.19. The summed E-state index contributed by atoms with van der Waals surface area (Å²) in [5, 5.41) is 9.32. The molecule has 0 amide bonds. The number of hydrogen-bond acceptors (Lipinski definition) is 2. The largest absolute Gasteiger partial charge is 0.455 e. The third-order valence-corrected chi connectivity index (χ3v) is 13.2. The summed E-state index contributed by atoms with van der Waals surface area (Å²) in [6.07, 6.45) is 0. The van der Waals surface area contributed by atoms with E-state index in [1.54, 1.807) is 0 Å². The SMILES string of the molecule is c1ccc(-c2ccc3c(c2)c2cc(-c4ccccc4)ccc2n3-c2cccc(N(c3ccc(-c4cccc5ccccc45)cc3)c3cccc4ccc5c6ccccc6oc5c34)c2)cc1. The second-order valence-electron chi connectivity index (χ2n) is 16.9. The van der Waals surface area contributed by atoms with Crippen molar-refractivity contribution in [2.75, 3.05) is 4.90 Å². The van der Waals surface area contributed by atoms with Crippen LogP contribution < -0.4 is 4.90 Å². The highest BCUT2D eigenvalue weighted by atomic mass is 16.3. The summed E-state index contributed by atoms with van der Waals surface area (Å²) < 4.78 is 9.21. The lowest BCUT2D eigenvalue weighted by Gasteiger charge is -2.28. The van der Waals surface area contributed by atoms with Gasteiger partial charge >= 0.3 is 0 Å². The monoisotopic (exact) mass is 828 g/mol. The van der Waals surface area contributed by atoms with Gasteiger partial charge < -0.3 is 13.9 Å². The van der Waals surface area contributed by atoms with Gasteiger partial charge in [-0.2, -0.15) is 0 Å². The van der Waals surface area contributed by atoms with E-state index in [0.29, 0.717) is 0 Å². The van der Waals surface area contributed by atoms with Gasteiger partial charge in [0, 0.05) is 44.0 Å². The zero-order chi connectivity index (χ0) is 42.8. The maximum absolute atomic E-state index is 6.78. The van der Waals surface area contributed by atoms with Gasteiger partial charge in [-0.1, -0.05) is 170 Å². The molecule has 65 heavy (non-hydrogen) atoms. The maximum atomic E-state index is 6.78. The zero-order valence-corrected chi connectivity index (χ0v) is 35.4. The van der Waals surface area contributed by atoms with E-state index in [2.05, 4.69) is 246 Å². The Kier molecular flexibility index (Phi) is 8.53. The van der Waals surface area contributed by atoms with Crippen molar-refractivity contribution in [3.05, 3.63) is 243 Å². The smallest absolute Gasteiger partial charge is 0.145 e. The molecule has 0 fully saturated rings. The summed E-state index contributed by atoms with van der Waals surface area (Å²) in [7, 11) is 0. The summed E-state index contributed by atoms with van der Waals surface area (Å²) in [6.45, 7) is 0. The first kappa shape index (κ1) is 36.9. The molecule has 0 saturated carbocycles. The molecule has 0 atom stereocenters. The zero-order valence-electron chi connectivity index (χ0n) is 35.4. The molecule has 0 radical (unpaired) electrons. The average Bonchev–Trinajstić information content (AvgIpc) is 3.92. The van der Waals surface area contributed by atoms with Crippen molar-refractivity contribution in [2.45, 2.75) is 0 Å². The van der Waals surface area contributed by atoms with E-state index in [1.807, 2.05) is 6.07 Å². The molecular weight excluding hydrogens is 789 g/mol. The number of benzene rings is 11. The highest BCUT2D eigenvalue weighted by Gasteiger charge is 2.22. The number of aromatic nitrogens is 1. The minimum Gasteiger partial charge on any atom is -0.455 e. The predicted molar refractivity (Wildman–Crippen MR) is 274 cm³/mol. The fourth-order valence-electron chi connectivity index (χ4n) is 10.1. The van der Waals surface area contributed by atoms with Crippen molar-refractivity contribution in [2.24, 2.45) is 0 Å². The van der Waals surface area contributed by atoms with Crippen molar-refractivity contribution in [3.63, 3.8) is 0 Å². The van der Waals surface area contributed by atoms with Gasteiger partial charge in [0.1, 0.15) is 11.2 Å². The Morgan fingerprint density at radius 1 is 0.338 bits per heavy atom. The van der Waals surface area contributed by atoms with Crippen LogP contribution in [0.4, 0.5) is 17.1 Å². The van der Waals surface area contributed by atoms with E-state index in [4.69, 9.17) is 4.42 Å². The molecule has 13 rings (SSSR count). The molecule has 304 valence electrons. The number of fused-ring (bicyclic) bond motifs is 9. The van der Waals surface area contributed by atoms with Gasteiger partial charge in [-0.3, -0.25) is 0 Å². The third kappa shape index (κ3) is 6.12. The molecule has 0 aliphatic rings. The second kappa shape index (κ2) is 15.0. The summed E-state index contributed by atoms with van der Waals surface area (Å²) in [4.78, 5) is 2.40. The van der Waals surface area contributed by atoms with Gasteiger partial charge in [-0.05, 0) is 122 Å². The summed E-state index contributed by atoms with van der Waals surface area (Å²) in [6, 6.07) is 87.8. The van der Waals surface area contributed by atoms with Crippen LogP contribution >= 0.6 is 0 Å². The van der Waals surface area contributed by atoms with Crippen LogP contribution in [0.15, 0.2) is 247 Å². The molecule has 13 aromatic rings. The Morgan fingerprint density at radius 2 is 0.938 bits per heavy atom. The molecule has 0 bridgehead atoms. The first-order chi connectivity index (χ1) is 32.2. The van der Waals surface area contributed by atoms with Crippen LogP contribution in [0.5, 0.6) is 0 Å². The highest BCUT2D eigenvalue weighted by Crippen LogP contribution is 2.45. The molecule has 3 nitrogen and oxygen atoms in total. The lowest BCUT2D eigenvalue weighted by Crippen LogP contribution is -2.11. The molecule has 0 spiro atoms. The molecule has 11 aromatic carbocycles. The third-order valence-electron chi connectivity index (χ3n) is 13.2. The van der Waals surface area contributed by atoms with Crippen molar-refractivity contribution < 1.29 is 4.42 Å². The van der Waals surface area contributed by atoms with E-state index in [1.165, 1.54) is 54.9 Å². The van der Waals surface area contributed by atoms with Gasteiger partial charge in [-0.25, -0.2) is 0 Å². The van der Waals surface area contributed by atoms with Gasteiger partial charge in [0.15, 0.2) is 0 Å². The number of anilines is 3. The number of furan rings is 1. The van der Waals surface area contributed by atoms with Crippen molar-refractivity contribution in [1.29, 1.82) is 0 Å². The van der Waals surface area contributed by atoms with Gasteiger partial charge in [0.25, 0.3) is 0 Å². The van der Waals surface area contributed by atoms with Crippen LogP contribution in [-0.2, 0) is 0 Å². The summed E-state index contributed by atoms with van der Waals surface area (Å²) >= 11 is 0. The van der Waals surface area contributed by atoms with Crippen LogP contribution in [0.3, 0.4) is 0 Å².